The number of likely N-dealkylation sites (N-methyl/N-ethyl adjacent to an activating group) is 1. The molecule has 2 saturated heterocycles. The quantitative estimate of drug-likeness (QED) is 0.785. The Morgan fingerprint density at radius 2 is 2.06 bits per heavy atom. The Hall–Kier alpha value is -0.120. The van der Waals surface area contributed by atoms with E-state index in [4.69, 9.17) is 0 Å². The molecule has 0 aromatic heterocycles. The molecule has 1 N–H and O–H groups in total. The first-order valence-corrected chi connectivity index (χ1v) is 7.42. The highest BCUT2D eigenvalue weighted by Gasteiger charge is 2.27. The summed E-state index contributed by atoms with van der Waals surface area (Å²) >= 11 is 0. The Balaban J connectivity index is 1.69. The van der Waals surface area contributed by atoms with Crippen molar-refractivity contribution in [3.63, 3.8) is 0 Å². The Morgan fingerprint density at radius 1 is 1.24 bits per heavy atom. The van der Waals surface area contributed by atoms with E-state index in [1.54, 1.807) is 0 Å². The van der Waals surface area contributed by atoms with Crippen LogP contribution in [0.2, 0.25) is 0 Å². The maximum Gasteiger partial charge on any atom is 0.0221 e. The zero-order valence-corrected chi connectivity index (χ0v) is 11.8. The zero-order valence-electron chi connectivity index (χ0n) is 11.8. The van der Waals surface area contributed by atoms with Gasteiger partial charge in [-0.25, -0.2) is 0 Å². The second kappa shape index (κ2) is 6.17. The Labute approximate surface area is 107 Å². The lowest BCUT2D eigenvalue weighted by molar-refractivity contribution is 0.244. The van der Waals surface area contributed by atoms with E-state index >= 15 is 0 Å². The van der Waals surface area contributed by atoms with Gasteiger partial charge in [0.2, 0.25) is 0 Å². The van der Waals surface area contributed by atoms with E-state index in [9.17, 15) is 0 Å². The van der Waals surface area contributed by atoms with Gasteiger partial charge in [-0.3, -0.25) is 9.80 Å². The third kappa shape index (κ3) is 3.43. The van der Waals surface area contributed by atoms with Gasteiger partial charge in [0.25, 0.3) is 0 Å². The first-order chi connectivity index (χ1) is 8.20. The Kier molecular flexibility index (Phi) is 4.83. The van der Waals surface area contributed by atoms with Crippen LogP contribution >= 0.6 is 0 Å². The van der Waals surface area contributed by atoms with Gasteiger partial charge in [0.05, 0.1) is 0 Å². The number of rotatable bonds is 5. The van der Waals surface area contributed by atoms with Gasteiger partial charge in [0.15, 0.2) is 0 Å². The molecule has 0 saturated carbocycles. The third-order valence-corrected chi connectivity index (χ3v) is 4.50. The van der Waals surface area contributed by atoms with Crippen molar-refractivity contribution < 1.29 is 0 Å². The summed E-state index contributed by atoms with van der Waals surface area (Å²) in [5.74, 6) is 0. The molecule has 17 heavy (non-hydrogen) atoms. The van der Waals surface area contributed by atoms with Crippen molar-refractivity contribution in [2.45, 2.75) is 58.2 Å². The molecule has 0 aliphatic carbocycles. The van der Waals surface area contributed by atoms with Gasteiger partial charge >= 0.3 is 0 Å². The van der Waals surface area contributed by atoms with Gasteiger partial charge in [-0.15, -0.1) is 0 Å². The maximum atomic E-state index is 3.79. The van der Waals surface area contributed by atoms with Gasteiger partial charge < -0.3 is 5.32 Å². The molecular weight excluding hydrogens is 210 g/mol. The highest BCUT2D eigenvalue weighted by Crippen LogP contribution is 2.17. The molecule has 2 heterocycles. The average molecular weight is 239 g/mol. The van der Waals surface area contributed by atoms with E-state index in [0.717, 1.165) is 12.1 Å². The van der Waals surface area contributed by atoms with Crippen LogP contribution in [0.5, 0.6) is 0 Å². The normalized spacial score (nSPS) is 31.8. The monoisotopic (exact) mass is 239 g/mol. The first kappa shape index (κ1) is 13.3. The lowest BCUT2D eigenvalue weighted by Gasteiger charge is -2.25. The second-order valence-electron chi connectivity index (χ2n) is 5.91. The summed E-state index contributed by atoms with van der Waals surface area (Å²) < 4.78 is 0. The van der Waals surface area contributed by atoms with Gasteiger partial charge in [-0.05, 0) is 52.7 Å². The number of hydrogen-bond acceptors (Lipinski definition) is 3. The minimum Gasteiger partial charge on any atom is -0.311 e. The van der Waals surface area contributed by atoms with Crippen LogP contribution < -0.4 is 5.32 Å². The summed E-state index contributed by atoms with van der Waals surface area (Å²) in [7, 11) is 0. The zero-order chi connectivity index (χ0) is 12.3. The van der Waals surface area contributed by atoms with Crippen molar-refractivity contribution in [2.75, 3.05) is 32.7 Å². The molecule has 0 aromatic carbocycles. The molecule has 0 bridgehead atoms. The minimum absolute atomic E-state index is 0.709. The number of nitrogens with zero attached hydrogens (tertiary/aromatic N) is 2. The van der Waals surface area contributed by atoms with E-state index in [2.05, 4.69) is 35.9 Å². The van der Waals surface area contributed by atoms with Gasteiger partial charge in [-0.1, -0.05) is 6.92 Å². The van der Waals surface area contributed by atoms with E-state index in [0.29, 0.717) is 6.04 Å². The molecule has 100 valence electrons. The van der Waals surface area contributed by atoms with Gasteiger partial charge in [0.1, 0.15) is 0 Å². The molecule has 0 aromatic rings. The van der Waals surface area contributed by atoms with Crippen molar-refractivity contribution >= 4 is 0 Å². The lowest BCUT2D eigenvalue weighted by Crippen LogP contribution is -2.43. The summed E-state index contributed by atoms with van der Waals surface area (Å²) in [6.07, 6.45) is 4.11. The molecule has 3 nitrogen and oxygen atoms in total. The van der Waals surface area contributed by atoms with Gasteiger partial charge in [-0.2, -0.15) is 0 Å². The minimum atomic E-state index is 0.709. The van der Waals surface area contributed by atoms with Crippen LogP contribution in [0, 0.1) is 0 Å². The second-order valence-corrected chi connectivity index (χ2v) is 5.91. The molecule has 0 amide bonds. The highest BCUT2D eigenvalue weighted by molar-refractivity contribution is 4.86. The fourth-order valence-electron chi connectivity index (χ4n) is 3.27. The molecule has 3 heteroatoms. The van der Waals surface area contributed by atoms with E-state index in [1.807, 2.05) is 0 Å². The number of nitrogens with one attached hydrogen (secondary N) is 1. The Bertz CT molecular complexity index is 230. The van der Waals surface area contributed by atoms with Crippen LogP contribution in [0.4, 0.5) is 0 Å². The SMILES string of the molecule is CCN1CCCC1CNC1CCN(C(C)C)C1. The van der Waals surface area contributed by atoms with Crippen LogP contribution in [0.3, 0.4) is 0 Å². The molecule has 0 radical (unpaired) electrons. The van der Waals surface area contributed by atoms with Crippen molar-refractivity contribution in [1.29, 1.82) is 0 Å². The summed E-state index contributed by atoms with van der Waals surface area (Å²) in [6.45, 7) is 13.1. The van der Waals surface area contributed by atoms with Crippen LogP contribution in [-0.4, -0.2) is 60.6 Å². The molecule has 0 spiro atoms. The van der Waals surface area contributed by atoms with Crippen molar-refractivity contribution in [1.82, 2.24) is 15.1 Å². The van der Waals surface area contributed by atoms with Crippen molar-refractivity contribution in [2.24, 2.45) is 0 Å². The predicted octanol–water partition coefficient (Wildman–Crippen LogP) is 1.54. The number of hydrogen-bond donors (Lipinski definition) is 1. The summed E-state index contributed by atoms with van der Waals surface area (Å²) in [5.41, 5.74) is 0. The van der Waals surface area contributed by atoms with E-state index in [1.165, 1.54) is 52.0 Å². The topological polar surface area (TPSA) is 18.5 Å². The standard InChI is InChI=1S/C14H29N3/c1-4-16-8-5-6-14(16)10-15-13-7-9-17(11-13)12(2)3/h12-15H,4-11H2,1-3H3. The fraction of sp³-hybridized carbons (Fsp3) is 1.00. The Morgan fingerprint density at radius 3 is 2.71 bits per heavy atom. The van der Waals surface area contributed by atoms with Gasteiger partial charge in [0, 0.05) is 31.2 Å². The average Bonchev–Trinajstić information content (AvgIpc) is 2.95. The third-order valence-electron chi connectivity index (χ3n) is 4.50. The molecule has 2 aliphatic rings. The molecule has 2 atom stereocenters. The lowest BCUT2D eigenvalue weighted by atomic mass is 10.2. The molecule has 2 rings (SSSR count). The highest BCUT2D eigenvalue weighted by atomic mass is 15.2. The van der Waals surface area contributed by atoms with E-state index < -0.39 is 0 Å². The van der Waals surface area contributed by atoms with E-state index in [-0.39, 0.29) is 0 Å². The molecule has 2 aliphatic heterocycles. The summed E-state index contributed by atoms with van der Waals surface area (Å²) in [4.78, 5) is 5.21. The maximum absolute atomic E-state index is 3.79. The smallest absolute Gasteiger partial charge is 0.0221 e. The van der Waals surface area contributed by atoms with Crippen LogP contribution in [0.1, 0.15) is 40.0 Å². The van der Waals surface area contributed by atoms with Crippen molar-refractivity contribution in [3.8, 4) is 0 Å². The summed E-state index contributed by atoms with van der Waals surface area (Å²) in [6, 6.07) is 2.24. The number of likely N-dealkylation sites (tertiary alicyclic amines) is 2. The summed E-state index contributed by atoms with van der Waals surface area (Å²) in [5, 5.41) is 3.79. The van der Waals surface area contributed by atoms with Crippen LogP contribution in [-0.2, 0) is 0 Å². The molecular formula is C14H29N3. The van der Waals surface area contributed by atoms with Crippen LogP contribution in [0.25, 0.3) is 0 Å². The first-order valence-electron chi connectivity index (χ1n) is 7.42. The van der Waals surface area contributed by atoms with Crippen LogP contribution in [0.15, 0.2) is 0 Å². The predicted molar refractivity (Wildman–Crippen MR) is 73.4 cm³/mol. The van der Waals surface area contributed by atoms with Crippen molar-refractivity contribution in [3.05, 3.63) is 0 Å². The molecule has 2 unspecified atom stereocenters. The molecule has 2 fully saturated rings. The largest absolute Gasteiger partial charge is 0.311 e. The fourth-order valence-corrected chi connectivity index (χ4v) is 3.27.